The Labute approximate surface area is 91.9 Å². The fourth-order valence-electron chi connectivity index (χ4n) is 1.57. The Morgan fingerprint density at radius 2 is 2.29 bits per heavy atom. The molecule has 0 spiro atoms. The molecule has 0 aromatic heterocycles. The molecular formula is C11H23NOS. The van der Waals surface area contributed by atoms with Crippen LogP contribution >= 0.6 is 11.8 Å². The number of aliphatic hydroxyl groups is 1. The summed E-state index contributed by atoms with van der Waals surface area (Å²) in [7, 11) is 0. The van der Waals surface area contributed by atoms with E-state index in [4.69, 9.17) is 5.11 Å². The van der Waals surface area contributed by atoms with E-state index in [1.807, 2.05) is 11.8 Å². The van der Waals surface area contributed by atoms with Crippen LogP contribution in [0.25, 0.3) is 0 Å². The standard InChI is InChI=1S/C11H23NOS/c1-2-6-12-11(10-4-5-10)9-14-8-3-7-13/h10-13H,2-9H2,1H3. The first kappa shape index (κ1) is 12.3. The Hall–Kier alpha value is 0.270. The minimum absolute atomic E-state index is 0.337. The number of aliphatic hydroxyl groups excluding tert-OH is 1. The van der Waals surface area contributed by atoms with Gasteiger partial charge >= 0.3 is 0 Å². The predicted molar refractivity (Wildman–Crippen MR) is 63.8 cm³/mol. The molecule has 0 heterocycles. The Morgan fingerprint density at radius 3 is 2.86 bits per heavy atom. The van der Waals surface area contributed by atoms with Crippen molar-refractivity contribution in [3.63, 3.8) is 0 Å². The summed E-state index contributed by atoms with van der Waals surface area (Å²) in [5.74, 6) is 3.28. The van der Waals surface area contributed by atoms with Gasteiger partial charge in [0.1, 0.15) is 0 Å². The van der Waals surface area contributed by atoms with Crippen molar-refractivity contribution < 1.29 is 5.11 Å². The molecule has 0 radical (unpaired) electrons. The van der Waals surface area contributed by atoms with Crippen LogP contribution in [0.3, 0.4) is 0 Å². The van der Waals surface area contributed by atoms with E-state index in [9.17, 15) is 0 Å². The third-order valence-electron chi connectivity index (χ3n) is 2.59. The molecule has 0 amide bonds. The van der Waals surface area contributed by atoms with Gasteiger partial charge in [0.2, 0.25) is 0 Å². The molecule has 0 bridgehead atoms. The molecule has 3 heteroatoms. The summed E-state index contributed by atoms with van der Waals surface area (Å²) in [6, 6.07) is 0.735. The largest absolute Gasteiger partial charge is 0.396 e. The lowest BCUT2D eigenvalue weighted by Crippen LogP contribution is -2.34. The molecule has 0 aliphatic heterocycles. The average Bonchev–Trinajstić information content (AvgIpc) is 3.00. The van der Waals surface area contributed by atoms with Gasteiger partial charge in [0.25, 0.3) is 0 Å². The number of rotatable bonds is 9. The van der Waals surface area contributed by atoms with Crippen LogP contribution in [0.5, 0.6) is 0 Å². The third-order valence-corrected chi connectivity index (χ3v) is 3.76. The van der Waals surface area contributed by atoms with Crippen LogP contribution in [-0.4, -0.2) is 35.8 Å². The first-order chi connectivity index (χ1) is 6.88. The highest BCUT2D eigenvalue weighted by Gasteiger charge is 2.30. The maximum atomic E-state index is 8.67. The van der Waals surface area contributed by atoms with Gasteiger partial charge < -0.3 is 10.4 Å². The van der Waals surface area contributed by atoms with Crippen molar-refractivity contribution in [2.75, 3.05) is 24.7 Å². The zero-order chi connectivity index (χ0) is 10.2. The maximum Gasteiger partial charge on any atom is 0.0438 e. The van der Waals surface area contributed by atoms with E-state index in [-0.39, 0.29) is 0 Å². The molecule has 0 aromatic carbocycles. The Morgan fingerprint density at radius 1 is 1.50 bits per heavy atom. The Bertz CT molecular complexity index is 139. The van der Waals surface area contributed by atoms with Crippen LogP contribution in [0.1, 0.15) is 32.6 Å². The summed E-state index contributed by atoms with van der Waals surface area (Å²) < 4.78 is 0. The Balaban J connectivity index is 2.02. The molecule has 2 N–H and O–H groups in total. The van der Waals surface area contributed by atoms with Gasteiger partial charge in [-0.25, -0.2) is 0 Å². The van der Waals surface area contributed by atoms with Gasteiger partial charge in [0, 0.05) is 18.4 Å². The highest BCUT2D eigenvalue weighted by Crippen LogP contribution is 2.34. The van der Waals surface area contributed by atoms with E-state index in [2.05, 4.69) is 12.2 Å². The van der Waals surface area contributed by atoms with Gasteiger partial charge in [-0.1, -0.05) is 6.92 Å². The molecule has 1 rings (SSSR count). The van der Waals surface area contributed by atoms with Crippen molar-refractivity contribution in [2.24, 2.45) is 5.92 Å². The van der Waals surface area contributed by atoms with Crippen LogP contribution < -0.4 is 5.32 Å². The lowest BCUT2D eigenvalue weighted by atomic mass is 10.2. The first-order valence-corrected chi connectivity index (χ1v) is 6.96. The van der Waals surface area contributed by atoms with Crippen molar-refractivity contribution in [1.29, 1.82) is 0 Å². The van der Waals surface area contributed by atoms with Gasteiger partial charge in [0.05, 0.1) is 0 Å². The smallest absolute Gasteiger partial charge is 0.0438 e. The highest BCUT2D eigenvalue weighted by molar-refractivity contribution is 7.99. The van der Waals surface area contributed by atoms with Crippen molar-refractivity contribution >= 4 is 11.8 Å². The van der Waals surface area contributed by atoms with Crippen LogP contribution in [0.15, 0.2) is 0 Å². The molecule has 84 valence electrons. The minimum atomic E-state index is 0.337. The molecule has 0 aromatic rings. The van der Waals surface area contributed by atoms with Crippen molar-refractivity contribution in [1.82, 2.24) is 5.32 Å². The zero-order valence-corrected chi connectivity index (χ0v) is 9.98. The summed E-state index contributed by atoms with van der Waals surface area (Å²) in [6.45, 7) is 3.71. The molecule has 1 atom stereocenters. The van der Waals surface area contributed by atoms with Crippen LogP contribution in [0.2, 0.25) is 0 Å². The quantitative estimate of drug-likeness (QED) is 0.578. The number of hydrogen-bond acceptors (Lipinski definition) is 3. The second kappa shape index (κ2) is 7.55. The average molecular weight is 217 g/mol. The number of hydrogen-bond donors (Lipinski definition) is 2. The second-order valence-corrected chi connectivity index (χ2v) is 5.20. The van der Waals surface area contributed by atoms with Gasteiger partial charge in [-0.05, 0) is 43.9 Å². The SMILES string of the molecule is CCCNC(CSCCCO)C1CC1. The van der Waals surface area contributed by atoms with E-state index in [1.54, 1.807) is 0 Å². The van der Waals surface area contributed by atoms with E-state index < -0.39 is 0 Å². The molecule has 1 saturated carbocycles. The van der Waals surface area contributed by atoms with Crippen molar-refractivity contribution in [3.8, 4) is 0 Å². The Kier molecular flexibility index (Phi) is 6.65. The van der Waals surface area contributed by atoms with Crippen molar-refractivity contribution in [2.45, 2.75) is 38.6 Å². The minimum Gasteiger partial charge on any atom is -0.396 e. The summed E-state index contributed by atoms with van der Waals surface area (Å²) >= 11 is 1.98. The zero-order valence-electron chi connectivity index (χ0n) is 9.17. The molecule has 0 saturated heterocycles. The van der Waals surface area contributed by atoms with Gasteiger partial charge in [-0.15, -0.1) is 0 Å². The highest BCUT2D eigenvalue weighted by atomic mass is 32.2. The van der Waals surface area contributed by atoms with Crippen LogP contribution in [0, 0.1) is 5.92 Å². The van der Waals surface area contributed by atoms with Gasteiger partial charge in [-0.2, -0.15) is 11.8 Å². The fourth-order valence-corrected chi connectivity index (χ4v) is 2.71. The normalized spacial score (nSPS) is 18.4. The predicted octanol–water partition coefficient (Wildman–Crippen LogP) is 1.88. The van der Waals surface area contributed by atoms with E-state index in [0.717, 1.165) is 30.7 Å². The summed E-state index contributed by atoms with van der Waals surface area (Å²) in [6.07, 6.45) is 5.00. The second-order valence-electron chi connectivity index (χ2n) is 4.05. The van der Waals surface area contributed by atoms with Crippen LogP contribution in [0.4, 0.5) is 0 Å². The van der Waals surface area contributed by atoms with Crippen LogP contribution in [-0.2, 0) is 0 Å². The summed E-state index contributed by atoms with van der Waals surface area (Å²) in [5, 5.41) is 12.3. The van der Waals surface area contributed by atoms with E-state index in [1.165, 1.54) is 25.0 Å². The molecule has 1 fully saturated rings. The molecule has 1 aliphatic carbocycles. The summed E-state index contributed by atoms with van der Waals surface area (Å²) in [4.78, 5) is 0. The first-order valence-electron chi connectivity index (χ1n) is 5.80. The topological polar surface area (TPSA) is 32.3 Å². The van der Waals surface area contributed by atoms with Gasteiger partial charge in [-0.3, -0.25) is 0 Å². The lowest BCUT2D eigenvalue weighted by Gasteiger charge is -2.17. The maximum absolute atomic E-state index is 8.67. The number of nitrogens with one attached hydrogen (secondary N) is 1. The molecule has 1 aliphatic rings. The van der Waals surface area contributed by atoms with Gasteiger partial charge in [0.15, 0.2) is 0 Å². The monoisotopic (exact) mass is 217 g/mol. The molecule has 14 heavy (non-hydrogen) atoms. The van der Waals surface area contributed by atoms with E-state index in [0.29, 0.717) is 6.61 Å². The van der Waals surface area contributed by atoms with E-state index >= 15 is 0 Å². The molecular weight excluding hydrogens is 194 g/mol. The number of thioether (sulfide) groups is 1. The lowest BCUT2D eigenvalue weighted by molar-refractivity contribution is 0.296. The molecule has 1 unspecified atom stereocenters. The third kappa shape index (κ3) is 5.23. The van der Waals surface area contributed by atoms with Crippen molar-refractivity contribution in [3.05, 3.63) is 0 Å². The fraction of sp³-hybridized carbons (Fsp3) is 1.00. The molecule has 2 nitrogen and oxygen atoms in total. The summed E-state index contributed by atoms with van der Waals surface area (Å²) in [5.41, 5.74) is 0.